The van der Waals surface area contributed by atoms with Crippen LogP contribution in [0.3, 0.4) is 0 Å². The molecular weight excluding hydrogens is 767 g/mol. The first-order chi connectivity index (χ1) is 31.0. The van der Waals surface area contributed by atoms with Crippen LogP contribution in [0.25, 0.3) is 60.4 Å². The Balaban J connectivity index is 0.884. The van der Waals surface area contributed by atoms with Gasteiger partial charge in [-0.05, 0) is 87.3 Å². The molecule has 0 bridgehead atoms. The van der Waals surface area contributed by atoms with E-state index in [1.54, 1.807) is 0 Å². The average Bonchev–Trinajstić information content (AvgIpc) is 3.90. The van der Waals surface area contributed by atoms with Gasteiger partial charge in [0.05, 0.1) is 23.1 Å². The summed E-state index contributed by atoms with van der Waals surface area (Å²) < 4.78 is 4.84. The van der Waals surface area contributed by atoms with E-state index in [0.29, 0.717) is 19.4 Å². The van der Waals surface area contributed by atoms with Gasteiger partial charge in [0.25, 0.3) is 0 Å². The molecule has 63 heavy (non-hydrogen) atoms. The third-order valence-electron chi connectivity index (χ3n) is 13.3. The van der Waals surface area contributed by atoms with E-state index < -0.39 is 0 Å². The molecule has 3 aromatic heterocycles. The van der Waals surface area contributed by atoms with Crippen molar-refractivity contribution in [3.05, 3.63) is 239 Å². The summed E-state index contributed by atoms with van der Waals surface area (Å²) in [7, 11) is 0. The number of hydrogen-bond donors (Lipinski definition) is 0. The van der Waals surface area contributed by atoms with Crippen LogP contribution in [-0.4, -0.2) is 24.1 Å². The van der Waals surface area contributed by atoms with Crippen LogP contribution in [0.5, 0.6) is 0 Å². The Morgan fingerprint density at radius 3 is 1.71 bits per heavy atom. The Hall–Kier alpha value is -7.63. The molecule has 0 saturated carbocycles. The Morgan fingerprint density at radius 2 is 0.968 bits per heavy atom. The number of para-hydroxylation sites is 3. The molecule has 1 aliphatic carbocycles. The van der Waals surface area contributed by atoms with Gasteiger partial charge in [-0.3, -0.25) is 0 Å². The fourth-order valence-corrected chi connectivity index (χ4v) is 10.4. The summed E-state index contributed by atoms with van der Waals surface area (Å²) in [6, 6.07) is 68.1. The summed E-state index contributed by atoms with van der Waals surface area (Å²) in [5.74, 6) is 2.36. The van der Waals surface area contributed by atoms with Crippen molar-refractivity contribution in [2.45, 2.75) is 45.1 Å². The second-order valence-electron chi connectivity index (χ2n) is 17.6. The van der Waals surface area contributed by atoms with E-state index in [1.807, 2.05) is 0 Å². The molecule has 11 aromatic rings. The zero-order chi connectivity index (χ0) is 42.1. The maximum absolute atomic E-state index is 5.25. The first-order valence-electron chi connectivity index (χ1n) is 22.0. The molecular formula is C58H45N5. The van der Waals surface area contributed by atoms with Crippen LogP contribution < -0.4 is 0 Å². The molecule has 1 aliphatic rings. The maximum atomic E-state index is 5.25. The van der Waals surface area contributed by atoms with Crippen LogP contribution in [0.1, 0.15) is 64.7 Å². The van der Waals surface area contributed by atoms with Crippen molar-refractivity contribution >= 4 is 43.6 Å². The van der Waals surface area contributed by atoms with Crippen molar-refractivity contribution in [2.24, 2.45) is 0 Å². The van der Waals surface area contributed by atoms with E-state index in [4.69, 9.17) is 15.0 Å². The molecule has 0 N–H and O–H groups in total. The number of hydrogen-bond acceptors (Lipinski definition) is 3. The smallest absolute Gasteiger partial charge is 0.152 e. The lowest BCUT2D eigenvalue weighted by molar-refractivity contribution is 0.658. The molecule has 0 spiro atoms. The normalized spacial score (nSPS) is 13.0. The fourth-order valence-electron chi connectivity index (χ4n) is 10.4. The Bertz CT molecular complexity index is 3520. The molecule has 8 aromatic carbocycles. The highest BCUT2D eigenvalue weighted by Crippen LogP contribution is 2.52. The Labute approximate surface area is 367 Å². The molecule has 0 aliphatic heterocycles. The van der Waals surface area contributed by atoms with E-state index in [2.05, 4.69) is 211 Å². The molecule has 5 nitrogen and oxygen atoms in total. The molecule has 0 saturated heterocycles. The quantitative estimate of drug-likeness (QED) is 0.146. The predicted octanol–water partition coefficient (Wildman–Crippen LogP) is 13.2. The third-order valence-corrected chi connectivity index (χ3v) is 13.3. The van der Waals surface area contributed by atoms with Crippen LogP contribution >= 0.6 is 0 Å². The number of nitrogens with zero attached hydrogens (tertiary/aromatic N) is 5. The highest BCUT2D eigenvalue weighted by Gasteiger charge is 2.38. The molecule has 5 heteroatoms. The van der Waals surface area contributed by atoms with Crippen molar-refractivity contribution < 1.29 is 0 Å². The van der Waals surface area contributed by atoms with Crippen LogP contribution in [0, 0.1) is 0 Å². The van der Waals surface area contributed by atoms with E-state index in [9.17, 15) is 0 Å². The van der Waals surface area contributed by atoms with Crippen molar-refractivity contribution in [1.29, 1.82) is 0 Å². The summed E-state index contributed by atoms with van der Waals surface area (Å²) in [5, 5.41) is 5.07. The minimum atomic E-state index is -0.165. The standard InChI is InChI=1S/C58H45N5/c1-58(2)49-22-12-9-19-43(49)46-30-31-47-44-20-10-13-23-50(44)62(57(47)56(46)58)37-55-60-53(35-38-15-5-3-6-16-38)59-54(61-55)36-40-27-25-39(26-28-40)33-41-29-32-52-48(34-41)45-21-11-14-24-51(45)63(52)42-17-7-4-8-18-42/h3-32,34H,33,35-37H2,1-2H3. The second kappa shape index (κ2) is 14.8. The summed E-state index contributed by atoms with van der Waals surface area (Å²) in [5.41, 5.74) is 16.2. The average molecular weight is 812 g/mol. The van der Waals surface area contributed by atoms with Crippen molar-refractivity contribution in [1.82, 2.24) is 24.1 Å². The monoisotopic (exact) mass is 811 g/mol. The van der Waals surface area contributed by atoms with Crippen LogP contribution in [0.2, 0.25) is 0 Å². The van der Waals surface area contributed by atoms with E-state index in [0.717, 1.165) is 23.9 Å². The van der Waals surface area contributed by atoms with Gasteiger partial charge in [0.15, 0.2) is 5.82 Å². The minimum absolute atomic E-state index is 0.165. The van der Waals surface area contributed by atoms with Crippen molar-refractivity contribution in [3.8, 4) is 16.8 Å². The molecule has 12 rings (SSSR count). The molecule has 0 unspecified atom stereocenters. The highest BCUT2D eigenvalue weighted by molar-refractivity contribution is 6.12. The van der Waals surface area contributed by atoms with Gasteiger partial charge in [0.1, 0.15) is 11.6 Å². The lowest BCUT2D eigenvalue weighted by Crippen LogP contribution is -2.17. The minimum Gasteiger partial charge on any atom is -0.332 e. The molecule has 0 radical (unpaired) electrons. The lowest BCUT2D eigenvalue weighted by Gasteiger charge is -2.23. The second-order valence-corrected chi connectivity index (χ2v) is 17.6. The first-order valence-corrected chi connectivity index (χ1v) is 22.0. The van der Waals surface area contributed by atoms with Gasteiger partial charge in [-0.2, -0.15) is 0 Å². The number of benzene rings is 8. The largest absolute Gasteiger partial charge is 0.332 e. The van der Waals surface area contributed by atoms with Gasteiger partial charge < -0.3 is 9.13 Å². The van der Waals surface area contributed by atoms with Crippen LogP contribution in [0.15, 0.2) is 188 Å². The van der Waals surface area contributed by atoms with Gasteiger partial charge in [0, 0.05) is 51.0 Å². The van der Waals surface area contributed by atoms with Crippen molar-refractivity contribution in [3.63, 3.8) is 0 Å². The number of rotatable bonds is 9. The summed E-state index contributed by atoms with van der Waals surface area (Å²) in [4.78, 5) is 15.6. The first kappa shape index (κ1) is 37.2. The molecule has 0 atom stereocenters. The summed E-state index contributed by atoms with van der Waals surface area (Å²) >= 11 is 0. The third kappa shape index (κ3) is 6.34. The lowest BCUT2D eigenvalue weighted by atomic mass is 9.81. The van der Waals surface area contributed by atoms with Gasteiger partial charge in [0.2, 0.25) is 0 Å². The van der Waals surface area contributed by atoms with Gasteiger partial charge >= 0.3 is 0 Å². The van der Waals surface area contributed by atoms with Crippen molar-refractivity contribution in [2.75, 3.05) is 0 Å². The molecule has 302 valence electrons. The zero-order valence-corrected chi connectivity index (χ0v) is 35.5. The topological polar surface area (TPSA) is 48.5 Å². The van der Waals surface area contributed by atoms with E-state index >= 15 is 0 Å². The van der Waals surface area contributed by atoms with Gasteiger partial charge in [-0.25, -0.2) is 15.0 Å². The van der Waals surface area contributed by atoms with Gasteiger partial charge in [-0.15, -0.1) is 0 Å². The van der Waals surface area contributed by atoms with E-state index in [1.165, 1.54) is 93.8 Å². The Kier molecular flexibility index (Phi) is 8.72. The predicted molar refractivity (Wildman–Crippen MR) is 258 cm³/mol. The highest BCUT2D eigenvalue weighted by atomic mass is 15.1. The summed E-state index contributed by atoms with van der Waals surface area (Å²) in [6.07, 6.45) is 2.11. The summed E-state index contributed by atoms with van der Waals surface area (Å²) in [6.45, 7) is 5.28. The maximum Gasteiger partial charge on any atom is 0.152 e. The van der Waals surface area contributed by atoms with Crippen LogP contribution in [-0.2, 0) is 31.2 Å². The van der Waals surface area contributed by atoms with E-state index in [-0.39, 0.29) is 5.41 Å². The number of fused-ring (bicyclic) bond motifs is 10. The Morgan fingerprint density at radius 1 is 0.413 bits per heavy atom. The van der Waals surface area contributed by atoms with Crippen LogP contribution in [0.4, 0.5) is 0 Å². The molecule has 0 amide bonds. The zero-order valence-electron chi connectivity index (χ0n) is 35.5. The molecule has 0 fully saturated rings. The number of aromatic nitrogens is 5. The SMILES string of the molecule is CC1(C)c2ccccc2-c2ccc3c4ccccc4n(Cc4nc(Cc5ccccc5)nc(Cc5ccc(Cc6ccc7c(c6)c6ccccc6n7-c6ccccc6)cc5)n4)c3c21. The molecule has 3 heterocycles. The fraction of sp³-hybridized carbons (Fsp3) is 0.121. The van der Waals surface area contributed by atoms with Gasteiger partial charge in [-0.1, -0.05) is 166 Å².